The molecule has 2 rings (SSSR count). The molecule has 10 heavy (non-hydrogen) atoms. The van der Waals surface area contributed by atoms with Gasteiger partial charge in [-0.25, -0.2) is 0 Å². The summed E-state index contributed by atoms with van der Waals surface area (Å²) in [4.78, 5) is 0. The Morgan fingerprint density at radius 1 is 1.40 bits per heavy atom. The lowest BCUT2D eigenvalue weighted by molar-refractivity contribution is 0.414. The molecule has 0 radical (unpaired) electrons. The molecule has 0 aliphatic heterocycles. The average Bonchev–Trinajstić information content (AvgIpc) is 2.44. The second-order valence-electron chi connectivity index (χ2n) is 2.93. The Bertz CT molecular complexity index is 208. The van der Waals surface area contributed by atoms with Crippen LogP contribution in [-0.2, 0) is 0 Å². The van der Waals surface area contributed by atoms with Crippen LogP contribution in [0.2, 0.25) is 0 Å². The molecule has 2 unspecified atom stereocenters. The van der Waals surface area contributed by atoms with Crippen molar-refractivity contribution >= 4 is 7.12 Å². The predicted octanol–water partition coefficient (Wildman–Crippen LogP) is 0.131. The van der Waals surface area contributed by atoms with Crippen molar-refractivity contribution in [3.05, 3.63) is 23.7 Å². The number of hydrogen-bond donors (Lipinski definition) is 2. The highest BCUT2D eigenvalue weighted by Gasteiger charge is 2.33. The van der Waals surface area contributed by atoms with Crippen LogP contribution >= 0.6 is 0 Å². The molecule has 2 bridgehead atoms. The predicted molar refractivity (Wildman–Crippen MR) is 39.0 cm³/mol. The molecule has 0 amide bonds. The fraction of sp³-hybridized carbons (Fsp3) is 0.429. The van der Waals surface area contributed by atoms with Gasteiger partial charge in [-0.15, -0.1) is 0 Å². The summed E-state index contributed by atoms with van der Waals surface area (Å²) < 4.78 is 0. The minimum Gasteiger partial charge on any atom is -0.423 e. The maximum Gasteiger partial charge on any atom is 0.484 e. The number of allylic oxidation sites excluding steroid dienone is 4. The Balaban J connectivity index is 2.21. The van der Waals surface area contributed by atoms with Crippen molar-refractivity contribution in [2.24, 2.45) is 11.8 Å². The quantitative estimate of drug-likeness (QED) is 0.397. The fourth-order valence-electron chi connectivity index (χ4n) is 1.75. The summed E-state index contributed by atoms with van der Waals surface area (Å²) in [6, 6.07) is 0. The van der Waals surface area contributed by atoms with Gasteiger partial charge in [0.05, 0.1) is 0 Å². The van der Waals surface area contributed by atoms with Gasteiger partial charge in [-0.3, -0.25) is 0 Å². The molecule has 0 aromatic carbocycles. The van der Waals surface area contributed by atoms with Crippen LogP contribution in [0.15, 0.2) is 23.7 Å². The SMILES string of the molecule is OB(O)C1=CC2C=CC1C2. The summed E-state index contributed by atoms with van der Waals surface area (Å²) >= 11 is 0. The van der Waals surface area contributed by atoms with E-state index in [1.165, 1.54) is 0 Å². The Kier molecular flexibility index (Phi) is 1.22. The zero-order chi connectivity index (χ0) is 7.14. The molecular weight excluding hydrogens is 127 g/mol. The summed E-state index contributed by atoms with van der Waals surface area (Å²) in [6.07, 6.45) is 7.18. The maximum atomic E-state index is 8.83. The van der Waals surface area contributed by atoms with Gasteiger partial charge in [0.15, 0.2) is 0 Å². The highest BCUT2D eigenvalue weighted by Crippen LogP contribution is 2.38. The second-order valence-corrected chi connectivity index (χ2v) is 2.93. The topological polar surface area (TPSA) is 40.5 Å². The van der Waals surface area contributed by atoms with Gasteiger partial charge in [-0.2, -0.15) is 0 Å². The minimum absolute atomic E-state index is 0.310. The van der Waals surface area contributed by atoms with Crippen LogP contribution in [0.25, 0.3) is 0 Å². The Morgan fingerprint density at radius 3 is 2.50 bits per heavy atom. The van der Waals surface area contributed by atoms with Crippen molar-refractivity contribution in [2.75, 3.05) is 0 Å². The average molecular weight is 136 g/mol. The van der Waals surface area contributed by atoms with Crippen molar-refractivity contribution < 1.29 is 10.0 Å². The molecule has 0 saturated heterocycles. The second kappa shape index (κ2) is 1.97. The zero-order valence-corrected chi connectivity index (χ0v) is 5.57. The lowest BCUT2D eigenvalue weighted by Crippen LogP contribution is -2.18. The van der Waals surface area contributed by atoms with Gasteiger partial charge in [0.1, 0.15) is 0 Å². The van der Waals surface area contributed by atoms with E-state index in [1.54, 1.807) is 0 Å². The van der Waals surface area contributed by atoms with E-state index < -0.39 is 7.12 Å². The van der Waals surface area contributed by atoms with E-state index in [2.05, 4.69) is 12.2 Å². The molecule has 0 aromatic rings. The molecule has 2 aliphatic rings. The van der Waals surface area contributed by atoms with Gasteiger partial charge >= 0.3 is 7.12 Å². The van der Waals surface area contributed by atoms with Gasteiger partial charge < -0.3 is 10.0 Å². The molecular formula is C7H9BO2. The molecule has 0 spiro atoms. The fourth-order valence-corrected chi connectivity index (χ4v) is 1.75. The van der Waals surface area contributed by atoms with Gasteiger partial charge in [-0.05, 0) is 23.7 Å². The largest absolute Gasteiger partial charge is 0.484 e. The normalized spacial score (nSPS) is 34.8. The van der Waals surface area contributed by atoms with E-state index in [0.717, 1.165) is 11.9 Å². The van der Waals surface area contributed by atoms with Crippen LogP contribution in [0.5, 0.6) is 0 Å². The summed E-state index contributed by atoms with van der Waals surface area (Å²) in [5.74, 6) is 0.784. The molecule has 2 nitrogen and oxygen atoms in total. The highest BCUT2D eigenvalue weighted by molar-refractivity contribution is 6.51. The number of fused-ring (bicyclic) bond motifs is 2. The maximum absolute atomic E-state index is 8.83. The number of rotatable bonds is 1. The smallest absolute Gasteiger partial charge is 0.423 e. The van der Waals surface area contributed by atoms with Crippen LogP contribution in [0.1, 0.15) is 6.42 Å². The first-order chi connectivity index (χ1) is 4.77. The Hall–Kier alpha value is -0.535. The van der Waals surface area contributed by atoms with E-state index in [9.17, 15) is 0 Å². The Labute approximate surface area is 60.0 Å². The van der Waals surface area contributed by atoms with E-state index in [1.807, 2.05) is 6.08 Å². The van der Waals surface area contributed by atoms with Crippen LogP contribution in [0.4, 0.5) is 0 Å². The summed E-state index contributed by atoms with van der Waals surface area (Å²) in [6.45, 7) is 0. The van der Waals surface area contributed by atoms with Gasteiger partial charge in [0.2, 0.25) is 0 Å². The third-order valence-electron chi connectivity index (χ3n) is 2.25. The molecule has 2 atom stereocenters. The lowest BCUT2D eigenvalue weighted by Gasteiger charge is -2.06. The van der Waals surface area contributed by atoms with Crippen molar-refractivity contribution in [3.63, 3.8) is 0 Å². The van der Waals surface area contributed by atoms with Crippen molar-refractivity contribution in [3.8, 4) is 0 Å². The van der Waals surface area contributed by atoms with Gasteiger partial charge in [0.25, 0.3) is 0 Å². The molecule has 52 valence electrons. The van der Waals surface area contributed by atoms with E-state index in [-0.39, 0.29) is 0 Å². The van der Waals surface area contributed by atoms with Crippen molar-refractivity contribution in [1.82, 2.24) is 0 Å². The monoisotopic (exact) mass is 136 g/mol. The Morgan fingerprint density at radius 2 is 2.20 bits per heavy atom. The summed E-state index contributed by atoms with van der Waals surface area (Å²) in [7, 11) is -1.24. The summed E-state index contributed by atoms with van der Waals surface area (Å²) in [5.41, 5.74) is 0.785. The molecule has 0 aromatic heterocycles. The van der Waals surface area contributed by atoms with Gasteiger partial charge in [0, 0.05) is 0 Å². The van der Waals surface area contributed by atoms with Crippen molar-refractivity contribution in [2.45, 2.75) is 6.42 Å². The molecule has 0 fully saturated rings. The molecule has 0 saturated carbocycles. The van der Waals surface area contributed by atoms with Crippen LogP contribution in [-0.4, -0.2) is 17.2 Å². The van der Waals surface area contributed by atoms with E-state index in [4.69, 9.17) is 10.0 Å². The molecule has 2 aliphatic carbocycles. The summed E-state index contributed by atoms with van der Waals surface area (Å²) in [5, 5.41) is 17.7. The van der Waals surface area contributed by atoms with E-state index >= 15 is 0 Å². The third kappa shape index (κ3) is 0.745. The van der Waals surface area contributed by atoms with Crippen molar-refractivity contribution in [1.29, 1.82) is 0 Å². The van der Waals surface area contributed by atoms with Crippen LogP contribution in [0, 0.1) is 11.8 Å². The minimum atomic E-state index is -1.24. The van der Waals surface area contributed by atoms with Crippen LogP contribution < -0.4 is 0 Å². The zero-order valence-electron chi connectivity index (χ0n) is 5.57. The number of hydrogen-bond acceptors (Lipinski definition) is 2. The third-order valence-corrected chi connectivity index (χ3v) is 2.25. The van der Waals surface area contributed by atoms with E-state index in [0.29, 0.717) is 11.8 Å². The molecule has 0 heterocycles. The lowest BCUT2D eigenvalue weighted by atomic mass is 9.73. The first-order valence-corrected chi connectivity index (χ1v) is 3.53. The van der Waals surface area contributed by atoms with Crippen LogP contribution in [0.3, 0.4) is 0 Å². The first kappa shape index (κ1) is 6.19. The highest BCUT2D eigenvalue weighted by atomic mass is 16.4. The molecule has 2 N–H and O–H groups in total. The standard InChI is InChI=1S/C7H9BO2/c9-8(10)7-4-5-1-2-6(7)3-5/h1-2,4-6,9-10H,3H2. The van der Waals surface area contributed by atoms with Gasteiger partial charge in [-0.1, -0.05) is 18.2 Å². The molecule has 3 heteroatoms. The first-order valence-electron chi connectivity index (χ1n) is 3.53.